The van der Waals surface area contributed by atoms with E-state index >= 15 is 0 Å². The quantitative estimate of drug-likeness (QED) is 0.621. The predicted molar refractivity (Wildman–Crippen MR) is 46.2 cm³/mol. The Labute approximate surface area is 76.2 Å². The van der Waals surface area contributed by atoms with Gasteiger partial charge in [-0.2, -0.15) is 5.26 Å². The van der Waals surface area contributed by atoms with E-state index in [1.54, 1.807) is 6.20 Å². The highest BCUT2D eigenvalue weighted by atomic mass is 16.5. The van der Waals surface area contributed by atoms with Crippen LogP contribution in [0, 0.1) is 11.3 Å². The van der Waals surface area contributed by atoms with Gasteiger partial charge in [-0.15, -0.1) is 0 Å². The minimum atomic E-state index is 0.515. The summed E-state index contributed by atoms with van der Waals surface area (Å²) in [7, 11) is 0. The molecule has 66 valence electrons. The van der Waals surface area contributed by atoms with Crippen molar-refractivity contribution in [2.75, 3.05) is 13.2 Å². The van der Waals surface area contributed by atoms with Gasteiger partial charge in [0.05, 0.1) is 0 Å². The summed E-state index contributed by atoms with van der Waals surface area (Å²) in [4.78, 5) is 3.97. The summed E-state index contributed by atoms with van der Waals surface area (Å²) in [5.74, 6) is 0.683. The standard InChI is InChI=1S/C9H9N3O/c10-3-7-4-12-6-8-5-11-1-2-13-9(7)8/h4,6,11H,1-2,5H2. The van der Waals surface area contributed by atoms with Gasteiger partial charge in [0, 0.05) is 31.0 Å². The predicted octanol–water partition coefficient (Wildman–Crippen LogP) is 0.435. The largest absolute Gasteiger partial charge is 0.490 e. The van der Waals surface area contributed by atoms with Crippen LogP contribution < -0.4 is 10.1 Å². The van der Waals surface area contributed by atoms with Gasteiger partial charge >= 0.3 is 0 Å². The van der Waals surface area contributed by atoms with Crippen molar-refractivity contribution >= 4 is 0 Å². The van der Waals surface area contributed by atoms with E-state index in [0.717, 1.165) is 18.7 Å². The van der Waals surface area contributed by atoms with Crippen LogP contribution in [0.25, 0.3) is 0 Å². The zero-order valence-corrected chi connectivity index (χ0v) is 7.08. The first-order valence-electron chi connectivity index (χ1n) is 4.12. The maximum Gasteiger partial charge on any atom is 0.144 e. The van der Waals surface area contributed by atoms with E-state index in [-0.39, 0.29) is 0 Å². The van der Waals surface area contributed by atoms with Crippen molar-refractivity contribution in [2.24, 2.45) is 0 Å². The van der Waals surface area contributed by atoms with Crippen LogP contribution in [0.15, 0.2) is 12.4 Å². The summed E-state index contributed by atoms with van der Waals surface area (Å²) < 4.78 is 5.45. The second-order valence-corrected chi connectivity index (χ2v) is 2.81. The number of nitriles is 1. The number of hydrogen-bond donors (Lipinski definition) is 1. The average molecular weight is 175 g/mol. The molecule has 0 unspecified atom stereocenters. The number of fused-ring (bicyclic) bond motifs is 1. The monoisotopic (exact) mass is 175 g/mol. The Morgan fingerprint density at radius 2 is 2.46 bits per heavy atom. The average Bonchev–Trinajstić information content (AvgIpc) is 2.41. The first-order valence-corrected chi connectivity index (χ1v) is 4.12. The van der Waals surface area contributed by atoms with Crippen LogP contribution in [-0.2, 0) is 6.54 Å². The van der Waals surface area contributed by atoms with Crippen LogP contribution in [0.4, 0.5) is 0 Å². The first-order chi connectivity index (χ1) is 6.42. The van der Waals surface area contributed by atoms with Crippen molar-refractivity contribution in [2.45, 2.75) is 6.54 Å². The molecule has 0 aromatic carbocycles. The molecular formula is C9H9N3O. The Balaban J connectivity index is 2.47. The second-order valence-electron chi connectivity index (χ2n) is 2.81. The maximum atomic E-state index is 8.80. The van der Waals surface area contributed by atoms with Gasteiger partial charge in [0.1, 0.15) is 24.0 Å². The van der Waals surface area contributed by atoms with E-state index in [4.69, 9.17) is 10.00 Å². The maximum absolute atomic E-state index is 8.80. The molecule has 0 aliphatic carbocycles. The molecule has 2 rings (SSSR count). The SMILES string of the molecule is N#Cc1cncc2c1OCCNC2. The highest BCUT2D eigenvalue weighted by molar-refractivity contribution is 5.46. The fourth-order valence-corrected chi connectivity index (χ4v) is 1.32. The van der Waals surface area contributed by atoms with Gasteiger partial charge in [-0.3, -0.25) is 4.98 Å². The summed E-state index contributed by atoms with van der Waals surface area (Å²) in [6.45, 7) is 2.13. The third-order valence-electron chi connectivity index (χ3n) is 1.93. The van der Waals surface area contributed by atoms with E-state index in [0.29, 0.717) is 17.9 Å². The van der Waals surface area contributed by atoms with Crippen molar-refractivity contribution in [1.82, 2.24) is 10.3 Å². The van der Waals surface area contributed by atoms with E-state index < -0.39 is 0 Å². The summed E-state index contributed by atoms with van der Waals surface area (Å²) in [6, 6.07) is 2.07. The van der Waals surface area contributed by atoms with E-state index in [1.807, 2.05) is 0 Å². The van der Waals surface area contributed by atoms with Crippen molar-refractivity contribution in [1.29, 1.82) is 5.26 Å². The number of hydrogen-bond acceptors (Lipinski definition) is 4. The van der Waals surface area contributed by atoms with Crippen LogP contribution in [0.1, 0.15) is 11.1 Å². The summed E-state index contributed by atoms with van der Waals surface area (Å²) in [5.41, 5.74) is 1.47. The lowest BCUT2D eigenvalue weighted by molar-refractivity contribution is 0.324. The molecule has 0 radical (unpaired) electrons. The lowest BCUT2D eigenvalue weighted by atomic mass is 10.2. The van der Waals surface area contributed by atoms with Gasteiger partial charge in [-0.1, -0.05) is 0 Å². The minimum Gasteiger partial charge on any atom is -0.490 e. The second kappa shape index (κ2) is 3.42. The molecule has 0 amide bonds. The Kier molecular flexibility index (Phi) is 2.11. The fraction of sp³-hybridized carbons (Fsp3) is 0.333. The van der Waals surface area contributed by atoms with Gasteiger partial charge in [0.25, 0.3) is 0 Å². The molecule has 0 saturated carbocycles. The van der Waals surface area contributed by atoms with Crippen molar-refractivity contribution in [3.05, 3.63) is 23.5 Å². The Morgan fingerprint density at radius 1 is 1.54 bits per heavy atom. The minimum absolute atomic E-state index is 0.515. The van der Waals surface area contributed by atoms with E-state index in [2.05, 4.69) is 16.4 Å². The molecule has 0 atom stereocenters. The molecule has 4 nitrogen and oxygen atoms in total. The molecule has 2 heterocycles. The zero-order valence-electron chi connectivity index (χ0n) is 7.08. The van der Waals surface area contributed by atoms with Crippen molar-refractivity contribution in [3.63, 3.8) is 0 Å². The lowest BCUT2D eigenvalue weighted by Crippen LogP contribution is -2.16. The molecule has 1 aliphatic heterocycles. The van der Waals surface area contributed by atoms with Gasteiger partial charge in [-0.05, 0) is 0 Å². The smallest absolute Gasteiger partial charge is 0.144 e. The normalized spacial score (nSPS) is 15.0. The molecule has 4 heteroatoms. The third-order valence-corrected chi connectivity index (χ3v) is 1.93. The number of nitrogens with zero attached hydrogens (tertiary/aromatic N) is 2. The fourth-order valence-electron chi connectivity index (χ4n) is 1.32. The third kappa shape index (κ3) is 1.46. The van der Waals surface area contributed by atoms with Crippen LogP contribution in [0.5, 0.6) is 5.75 Å². The summed E-state index contributed by atoms with van der Waals surface area (Å²) >= 11 is 0. The molecule has 1 aliphatic rings. The highest BCUT2D eigenvalue weighted by Crippen LogP contribution is 2.23. The van der Waals surface area contributed by atoms with E-state index in [9.17, 15) is 0 Å². The topological polar surface area (TPSA) is 57.9 Å². The number of aromatic nitrogens is 1. The van der Waals surface area contributed by atoms with Crippen LogP contribution in [-0.4, -0.2) is 18.1 Å². The molecule has 13 heavy (non-hydrogen) atoms. The summed E-state index contributed by atoms with van der Waals surface area (Å²) in [5, 5.41) is 12.0. The molecular weight excluding hydrogens is 166 g/mol. The van der Waals surface area contributed by atoms with Crippen LogP contribution in [0.3, 0.4) is 0 Å². The molecule has 1 aromatic rings. The molecule has 0 spiro atoms. The summed E-state index contributed by atoms with van der Waals surface area (Å²) in [6.07, 6.45) is 3.26. The van der Waals surface area contributed by atoms with E-state index in [1.165, 1.54) is 6.20 Å². The van der Waals surface area contributed by atoms with Crippen molar-refractivity contribution in [3.8, 4) is 11.8 Å². The lowest BCUT2D eigenvalue weighted by Gasteiger charge is -2.06. The van der Waals surface area contributed by atoms with Crippen LogP contribution in [0.2, 0.25) is 0 Å². The van der Waals surface area contributed by atoms with Crippen molar-refractivity contribution < 1.29 is 4.74 Å². The molecule has 0 fully saturated rings. The first kappa shape index (κ1) is 8.02. The van der Waals surface area contributed by atoms with Crippen LogP contribution >= 0.6 is 0 Å². The Morgan fingerprint density at radius 3 is 3.31 bits per heavy atom. The number of nitrogens with one attached hydrogen (secondary N) is 1. The van der Waals surface area contributed by atoms with Gasteiger partial charge in [-0.25, -0.2) is 0 Å². The number of pyridine rings is 1. The molecule has 1 N–H and O–H groups in total. The Hall–Kier alpha value is -1.60. The number of ether oxygens (including phenoxy) is 1. The highest BCUT2D eigenvalue weighted by Gasteiger charge is 2.12. The zero-order chi connectivity index (χ0) is 9.10. The Bertz CT molecular complexity index is 356. The van der Waals surface area contributed by atoms with Gasteiger partial charge in [0.2, 0.25) is 0 Å². The number of rotatable bonds is 0. The molecule has 0 saturated heterocycles. The molecule has 0 bridgehead atoms. The van der Waals surface area contributed by atoms with Gasteiger partial charge in [0.15, 0.2) is 0 Å². The van der Waals surface area contributed by atoms with Gasteiger partial charge < -0.3 is 10.1 Å². The molecule has 1 aromatic heterocycles.